The Morgan fingerprint density at radius 2 is 1.86 bits per heavy atom. The average molecular weight is 195 g/mol. The van der Waals surface area contributed by atoms with Crippen molar-refractivity contribution in [2.24, 2.45) is 7.05 Å². The van der Waals surface area contributed by atoms with Crippen LogP contribution in [-0.4, -0.2) is 17.1 Å². The van der Waals surface area contributed by atoms with E-state index in [-0.39, 0.29) is 5.97 Å². The van der Waals surface area contributed by atoms with Crippen molar-refractivity contribution in [3.63, 3.8) is 0 Å². The average Bonchev–Trinajstić information content (AvgIpc) is 2.32. The van der Waals surface area contributed by atoms with E-state index < -0.39 is 0 Å². The number of carbonyl (C=O) groups is 1. The molecule has 0 atom stereocenters. The van der Waals surface area contributed by atoms with Gasteiger partial charge in [-0.3, -0.25) is 0 Å². The fourth-order valence-electron chi connectivity index (χ4n) is 1.63. The van der Waals surface area contributed by atoms with E-state index in [4.69, 9.17) is 4.74 Å². The van der Waals surface area contributed by atoms with Crippen molar-refractivity contribution >= 4 is 5.97 Å². The van der Waals surface area contributed by atoms with E-state index >= 15 is 0 Å². The lowest BCUT2D eigenvalue weighted by atomic mass is 10.1. The molecule has 0 amide bonds. The zero-order chi connectivity index (χ0) is 10.9. The molecule has 1 aromatic rings. The Kier molecular flexibility index (Phi) is 2.99. The molecule has 1 rings (SSSR count). The summed E-state index contributed by atoms with van der Waals surface area (Å²) in [7, 11) is 1.96. The molecule has 0 unspecified atom stereocenters. The van der Waals surface area contributed by atoms with Gasteiger partial charge in [-0.05, 0) is 33.3 Å². The third-order valence-corrected chi connectivity index (χ3v) is 2.77. The minimum absolute atomic E-state index is 0.216. The largest absolute Gasteiger partial charge is 0.462 e. The molecule has 1 aromatic heterocycles. The van der Waals surface area contributed by atoms with E-state index in [1.54, 1.807) is 0 Å². The lowest BCUT2D eigenvalue weighted by molar-refractivity contribution is 0.0524. The molecular formula is C11H17NO2. The van der Waals surface area contributed by atoms with Gasteiger partial charge in [0.25, 0.3) is 0 Å². The highest BCUT2D eigenvalue weighted by atomic mass is 16.5. The van der Waals surface area contributed by atoms with Gasteiger partial charge in [-0.2, -0.15) is 0 Å². The van der Waals surface area contributed by atoms with Gasteiger partial charge < -0.3 is 9.30 Å². The highest BCUT2D eigenvalue weighted by Crippen LogP contribution is 2.20. The molecule has 0 bridgehead atoms. The molecule has 0 spiro atoms. The van der Waals surface area contributed by atoms with Crippen molar-refractivity contribution in [2.75, 3.05) is 6.61 Å². The van der Waals surface area contributed by atoms with Crippen LogP contribution in [-0.2, 0) is 11.8 Å². The molecule has 0 aliphatic rings. The Balaban J connectivity index is 3.21. The van der Waals surface area contributed by atoms with Gasteiger partial charge in [0.2, 0.25) is 0 Å². The molecule has 3 heteroatoms. The second kappa shape index (κ2) is 3.86. The topological polar surface area (TPSA) is 31.2 Å². The predicted octanol–water partition coefficient (Wildman–Crippen LogP) is 2.13. The molecule has 0 radical (unpaired) electrons. The van der Waals surface area contributed by atoms with Crippen molar-refractivity contribution < 1.29 is 9.53 Å². The summed E-state index contributed by atoms with van der Waals surface area (Å²) in [6.45, 7) is 8.13. The predicted molar refractivity (Wildman–Crippen MR) is 55.6 cm³/mol. The fraction of sp³-hybridized carbons (Fsp3) is 0.545. The molecule has 1 heterocycles. The molecule has 0 aliphatic heterocycles. The lowest BCUT2D eigenvalue weighted by Crippen LogP contribution is -2.07. The van der Waals surface area contributed by atoms with Gasteiger partial charge in [0.05, 0.1) is 12.2 Å². The number of hydrogen-bond donors (Lipinski definition) is 0. The molecule has 0 fully saturated rings. The molecule has 0 saturated carbocycles. The van der Waals surface area contributed by atoms with Crippen molar-refractivity contribution in [1.82, 2.24) is 4.57 Å². The van der Waals surface area contributed by atoms with E-state index in [9.17, 15) is 4.79 Å². The maximum atomic E-state index is 11.6. The van der Waals surface area contributed by atoms with Crippen LogP contribution in [0.15, 0.2) is 0 Å². The molecule has 0 aliphatic carbocycles. The summed E-state index contributed by atoms with van der Waals surface area (Å²) in [4.78, 5) is 11.6. The van der Waals surface area contributed by atoms with Crippen LogP contribution in [0.1, 0.15) is 34.2 Å². The van der Waals surface area contributed by atoms with Gasteiger partial charge in [0, 0.05) is 18.4 Å². The number of esters is 1. The summed E-state index contributed by atoms with van der Waals surface area (Å²) < 4.78 is 7.02. The minimum atomic E-state index is -0.216. The monoisotopic (exact) mass is 195 g/mol. The van der Waals surface area contributed by atoms with Crippen molar-refractivity contribution in [3.8, 4) is 0 Å². The van der Waals surface area contributed by atoms with Crippen molar-refractivity contribution in [2.45, 2.75) is 27.7 Å². The van der Waals surface area contributed by atoms with E-state index in [1.165, 1.54) is 0 Å². The summed E-state index contributed by atoms with van der Waals surface area (Å²) >= 11 is 0. The summed E-state index contributed by atoms with van der Waals surface area (Å²) in [5, 5.41) is 0. The molecule has 14 heavy (non-hydrogen) atoms. The number of hydrogen-bond acceptors (Lipinski definition) is 2. The zero-order valence-corrected chi connectivity index (χ0v) is 9.47. The second-order valence-corrected chi connectivity index (χ2v) is 3.45. The first kappa shape index (κ1) is 10.8. The van der Waals surface area contributed by atoms with Gasteiger partial charge in [-0.15, -0.1) is 0 Å². The molecular weight excluding hydrogens is 178 g/mol. The van der Waals surface area contributed by atoms with Crippen LogP contribution in [0.2, 0.25) is 0 Å². The van der Waals surface area contributed by atoms with Crippen LogP contribution >= 0.6 is 0 Å². The number of aromatic nitrogens is 1. The minimum Gasteiger partial charge on any atom is -0.462 e. The van der Waals surface area contributed by atoms with Gasteiger partial charge in [0.1, 0.15) is 0 Å². The SMILES string of the molecule is CCOC(=O)c1c(C)c(C)n(C)c1C. The van der Waals surface area contributed by atoms with Crippen LogP contribution in [0.4, 0.5) is 0 Å². The van der Waals surface area contributed by atoms with E-state index in [1.807, 2.05) is 39.3 Å². The zero-order valence-electron chi connectivity index (χ0n) is 9.47. The molecule has 0 saturated heterocycles. The molecule has 0 N–H and O–H groups in total. The van der Waals surface area contributed by atoms with E-state index in [2.05, 4.69) is 0 Å². The van der Waals surface area contributed by atoms with Gasteiger partial charge in [0.15, 0.2) is 0 Å². The van der Waals surface area contributed by atoms with Crippen molar-refractivity contribution in [3.05, 3.63) is 22.5 Å². The maximum absolute atomic E-state index is 11.6. The number of nitrogens with zero attached hydrogens (tertiary/aromatic N) is 1. The van der Waals surface area contributed by atoms with Gasteiger partial charge in [-0.25, -0.2) is 4.79 Å². The first-order valence-electron chi connectivity index (χ1n) is 4.80. The fourth-order valence-corrected chi connectivity index (χ4v) is 1.63. The smallest absolute Gasteiger partial charge is 0.340 e. The first-order chi connectivity index (χ1) is 6.50. The highest BCUT2D eigenvalue weighted by Gasteiger charge is 2.19. The van der Waals surface area contributed by atoms with Crippen LogP contribution in [0.25, 0.3) is 0 Å². The van der Waals surface area contributed by atoms with Crippen LogP contribution in [0.3, 0.4) is 0 Å². The number of ether oxygens (including phenoxy) is 1. The van der Waals surface area contributed by atoms with E-state index in [0.29, 0.717) is 12.2 Å². The third kappa shape index (κ3) is 1.54. The summed E-state index contributed by atoms with van der Waals surface area (Å²) in [6, 6.07) is 0. The lowest BCUT2D eigenvalue weighted by Gasteiger charge is -2.02. The quantitative estimate of drug-likeness (QED) is 0.677. The maximum Gasteiger partial charge on any atom is 0.340 e. The highest BCUT2D eigenvalue weighted by molar-refractivity contribution is 5.92. The van der Waals surface area contributed by atoms with Crippen molar-refractivity contribution in [1.29, 1.82) is 0 Å². The van der Waals surface area contributed by atoms with E-state index in [0.717, 1.165) is 17.0 Å². The van der Waals surface area contributed by atoms with Crippen LogP contribution < -0.4 is 0 Å². The molecule has 3 nitrogen and oxygen atoms in total. The Hall–Kier alpha value is -1.25. The molecule has 0 aromatic carbocycles. The van der Waals surface area contributed by atoms with Crippen LogP contribution in [0.5, 0.6) is 0 Å². The standard InChI is InChI=1S/C11H17NO2/c1-6-14-11(13)10-7(2)8(3)12(5)9(10)4/h6H2,1-5H3. The number of carbonyl (C=O) groups excluding carboxylic acids is 1. The Morgan fingerprint density at radius 3 is 2.21 bits per heavy atom. The van der Waals surface area contributed by atoms with Gasteiger partial charge >= 0.3 is 5.97 Å². The Bertz CT molecular complexity index is 338. The van der Waals surface area contributed by atoms with Gasteiger partial charge in [-0.1, -0.05) is 0 Å². The second-order valence-electron chi connectivity index (χ2n) is 3.45. The summed E-state index contributed by atoms with van der Waals surface area (Å²) in [5.74, 6) is -0.216. The Morgan fingerprint density at radius 1 is 1.29 bits per heavy atom. The Labute approximate surface area is 84.7 Å². The first-order valence-corrected chi connectivity index (χ1v) is 4.80. The molecule has 78 valence electrons. The third-order valence-electron chi connectivity index (χ3n) is 2.77. The number of rotatable bonds is 2. The summed E-state index contributed by atoms with van der Waals surface area (Å²) in [5.41, 5.74) is 3.82. The normalized spacial score (nSPS) is 10.4. The summed E-state index contributed by atoms with van der Waals surface area (Å²) in [6.07, 6.45) is 0. The van der Waals surface area contributed by atoms with Crippen LogP contribution in [0, 0.1) is 20.8 Å².